The number of rotatable bonds is 5. The van der Waals surface area contributed by atoms with Crippen molar-refractivity contribution in [3.8, 4) is 0 Å². The van der Waals surface area contributed by atoms with Crippen LogP contribution in [0.15, 0.2) is 59.2 Å². The second-order valence-electron chi connectivity index (χ2n) is 5.69. The summed E-state index contributed by atoms with van der Waals surface area (Å²) in [5.41, 5.74) is 3.53. The minimum Gasteiger partial charge on any atom is -0.464 e. The number of amides is 2. The summed E-state index contributed by atoms with van der Waals surface area (Å²) in [7, 11) is 0. The van der Waals surface area contributed by atoms with E-state index in [1.807, 2.05) is 55.5 Å². The minimum absolute atomic E-state index is 0.156. The van der Waals surface area contributed by atoms with Gasteiger partial charge in [-0.25, -0.2) is 4.79 Å². The van der Waals surface area contributed by atoms with Gasteiger partial charge in [-0.3, -0.25) is 0 Å². The topological polar surface area (TPSA) is 74.5 Å². The van der Waals surface area contributed by atoms with E-state index >= 15 is 0 Å². The van der Waals surface area contributed by atoms with Crippen molar-refractivity contribution in [2.24, 2.45) is 0 Å². The van der Waals surface area contributed by atoms with Crippen LogP contribution < -0.4 is 10.6 Å². The Hall–Kier alpha value is -2.79. The Bertz CT molecular complexity index is 841. The molecule has 1 unspecified atom stereocenters. The average molecular weight is 324 g/mol. The number of aryl methyl sites for hydroxylation is 1. The highest BCUT2D eigenvalue weighted by Gasteiger charge is 2.12. The number of carbonyl (C=O) groups excluding carboxylic acids is 1. The van der Waals surface area contributed by atoms with Crippen molar-refractivity contribution in [1.29, 1.82) is 0 Å². The van der Waals surface area contributed by atoms with Crippen LogP contribution in [-0.2, 0) is 6.54 Å². The monoisotopic (exact) mass is 324 g/mol. The molecule has 0 radical (unpaired) electrons. The first-order chi connectivity index (χ1) is 11.6. The SMILES string of the molecule is Cc1ccccc1C(O)CNC(=O)NCc1coc2ccccc12. The second kappa shape index (κ2) is 7.19. The molecule has 2 aromatic carbocycles. The van der Waals surface area contributed by atoms with Crippen molar-refractivity contribution in [3.05, 3.63) is 71.5 Å². The molecule has 2 amide bonds. The van der Waals surface area contributed by atoms with Gasteiger partial charge in [0.05, 0.1) is 12.4 Å². The van der Waals surface area contributed by atoms with E-state index in [-0.39, 0.29) is 12.6 Å². The summed E-state index contributed by atoms with van der Waals surface area (Å²) in [4.78, 5) is 11.9. The quantitative estimate of drug-likeness (QED) is 0.674. The third kappa shape index (κ3) is 3.58. The summed E-state index contributed by atoms with van der Waals surface area (Å²) < 4.78 is 5.44. The highest BCUT2D eigenvalue weighted by Crippen LogP contribution is 2.20. The van der Waals surface area contributed by atoms with Crippen LogP contribution in [0, 0.1) is 6.92 Å². The standard InChI is InChI=1S/C19H20N2O3/c1-13-6-2-3-7-15(13)17(22)11-21-19(23)20-10-14-12-24-18-9-5-4-8-16(14)18/h2-9,12,17,22H,10-11H2,1H3,(H2,20,21,23). The predicted octanol–water partition coefficient (Wildman–Crippen LogP) is 3.27. The molecule has 1 atom stereocenters. The molecule has 124 valence electrons. The van der Waals surface area contributed by atoms with Crippen LogP contribution in [-0.4, -0.2) is 17.7 Å². The fourth-order valence-corrected chi connectivity index (χ4v) is 2.67. The number of urea groups is 1. The van der Waals surface area contributed by atoms with Crippen LogP contribution in [0.25, 0.3) is 11.0 Å². The van der Waals surface area contributed by atoms with E-state index in [1.54, 1.807) is 6.26 Å². The lowest BCUT2D eigenvalue weighted by atomic mass is 10.0. The van der Waals surface area contributed by atoms with Crippen LogP contribution in [0.2, 0.25) is 0 Å². The molecular formula is C19H20N2O3. The zero-order chi connectivity index (χ0) is 16.9. The molecule has 0 aliphatic heterocycles. The van der Waals surface area contributed by atoms with E-state index in [0.717, 1.165) is 27.7 Å². The summed E-state index contributed by atoms with van der Waals surface area (Å²) in [6.45, 7) is 2.45. The Morgan fingerprint density at radius 2 is 1.88 bits per heavy atom. The molecule has 0 bridgehead atoms. The number of hydrogen-bond donors (Lipinski definition) is 3. The van der Waals surface area contributed by atoms with Crippen molar-refractivity contribution < 1.29 is 14.3 Å². The molecule has 24 heavy (non-hydrogen) atoms. The molecule has 0 saturated heterocycles. The normalized spacial score (nSPS) is 12.1. The second-order valence-corrected chi connectivity index (χ2v) is 5.69. The number of aliphatic hydroxyl groups excluding tert-OH is 1. The van der Waals surface area contributed by atoms with Gasteiger partial charge in [0.1, 0.15) is 5.58 Å². The predicted molar refractivity (Wildman–Crippen MR) is 92.6 cm³/mol. The molecule has 3 N–H and O–H groups in total. The van der Waals surface area contributed by atoms with Crippen LogP contribution in [0.4, 0.5) is 4.79 Å². The molecule has 0 aliphatic carbocycles. The zero-order valence-corrected chi connectivity index (χ0v) is 13.5. The number of nitrogens with one attached hydrogen (secondary N) is 2. The number of benzene rings is 2. The molecule has 0 spiro atoms. The minimum atomic E-state index is -0.730. The third-order valence-electron chi connectivity index (χ3n) is 4.00. The molecule has 1 aromatic heterocycles. The van der Waals surface area contributed by atoms with Gasteiger partial charge in [-0.05, 0) is 24.1 Å². The van der Waals surface area contributed by atoms with E-state index in [2.05, 4.69) is 10.6 Å². The highest BCUT2D eigenvalue weighted by molar-refractivity contribution is 5.81. The summed E-state index contributed by atoms with van der Waals surface area (Å²) >= 11 is 0. The van der Waals surface area contributed by atoms with E-state index < -0.39 is 6.10 Å². The van der Waals surface area contributed by atoms with Gasteiger partial charge in [-0.2, -0.15) is 0 Å². The van der Waals surface area contributed by atoms with Crippen molar-refractivity contribution >= 4 is 17.0 Å². The fourth-order valence-electron chi connectivity index (χ4n) is 2.67. The molecule has 3 aromatic rings. The molecular weight excluding hydrogens is 304 g/mol. The van der Waals surface area contributed by atoms with E-state index in [4.69, 9.17) is 4.42 Å². The number of para-hydroxylation sites is 1. The first-order valence-corrected chi connectivity index (χ1v) is 7.85. The maximum atomic E-state index is 11.9. The van der Waals surface area contributed by atoms with Crippen LogP contribution in [0.5, 0.6) is 0 Å². The highest BCUT2D eigenvalue weighted by atomic mass is 16.3. The summed E-state index contributed by atoms with van der Waals surface area (Å²) in [5, 5.41) is 16.6. The maximum absolute atomic E-state index is 11.9. The Balaban J connectivity index is 1.52. The van der Waals surface area contributed by atoms with Crippen LogP contribution >= 0.6 is 0 Å². The maximum Gasteiger partial charge on any atom is 0.315 e. The molecule has 5 heteroatoms. The van der Waals surface area contributed by atoms with Crippen molar-refractivity contribution in [1.82, 2.24) is 10.6 Å². The van der Waals surface area contributed by atoms with Gasteiger partial charge in [0, 0.05) is 24.0 Å². The zero-order valence-electron chi connectivity index (χ0n) is 13.5. The first kappa shape index (κ1) is 16.1. The lowest BCUT2D eigenvalue weighted by molar-refractivity contribution is 0.172. The lowest BCUT2D eigenvalue weighted by Crippen LogP contribution is -2.37. The van der Waals surface area contributed by atoms with Crippen molar-refractivity contribution in [2.75, 3.05) is 6.54 Å². The number of aliphatic hydroxyl groups is 1. The Labute approximate surface area is 140 Å². The molecule has 1 heterocycles. The summed E-state index contributed by atoms with van der Waals surface area (Å²) in [6, 6.07) is 14.9. The van der Waals surface area contributed by atoms with Crippen molar-refractivity contribution in [3.63, 3.8) is 0 Å². The molecule has 0 saturated carbocycles. The Kier molecular flexibility index (Phi) is 4.82. The molecule has 0 fully saturated rings. The Morgan fingerprint density at radius 3 is 2.71 bits per heavy atom. The first-order valence-electron chi connectivity index (χ1n) is 7.85. The molecule has 3 rings (SSSR count). The van der Waals surface area contributed by atoms with Crippen LogP contribution in [0.3, 0.4) is 0 Å². The average Bonchev–Trinajstić information content (AvgIpc) is 3.01. The van der Waals surface area contributed by atoms with Gasteiger partial charge in [0.2, 0.25) is 0 Å². The number of furan rings is 1. The van der Waals surface area contributed by atoms with Crippen LogP contribution in [0.1, 0.15) is 22.8 Å². The van der Waals surface area contributed by atoms with E-state index in [1.165, 1.54) is 0 Å². The van der Waals surface area contributed by atoms with Gasteiger partial charge >= 0.3 is 6.03 Å². The van der Waals surface area contributed by atoms with Gasteiger partial charge in [0.25, 0.3) is 0 Å². The Morgan fingerprint density at radius 1 is 1.12 bits per heavy atom. The van der Waals surface area contributed by atoms with Gasteiger partial charge in [-0.1, -0.05) is 42.5 Å². The van der Waals surface area contributed by atoms with Gasteiger partial charge in [-0.15, -0.1) is 0 Å². The molecule has 5 nitrogen and oxygen atoms in total. The van der Waals surface area contributed by atoms with Gasteiger partial charge < -0.3 is 20.2 Å². The summed E-state index contributed by atoms with van der Waals surface area (Å²) in [6.07, 6.45) is 0.916. The van der Waals surface area contributed by atoms with Crippen molar-refractivity contribution in [2.45, 2.75) is 19.6 Å². The number of fused-ring (bicyclic) bond motifs is 1. The largest absolute Gasteiger partial charge is 0.464 e. The molecule has 0 aliphatic rings. The summed E-state index contributed by atoms with van der Waals surface area (Å²) in [5.74, 6) is 0. The third-order valence-corrected chi connectivity index (χ3v) is 4.00. The number of hydrogen-bond acceptors (Lipinski definition) is 3. The van der Waals surface area contributed by atoms with Gasteiger partial charge in [0.15, 0.2) is 0 Å². The lowest BCUT2D eigenvalue weighted by Gasteiger charge is -2.14. The van der Waals surface area contributed by atoms with E-state index in [0.29, 0.717) is 6.54 Å². The number of carbonyl (C=O) groups is 1. The fraction of sp³-hybridized carbons (Fsp3) is 0.211. The van der Waals surface area contributed by atoms with E-state index in [9.17, 15) is 9.90 Å². The smallest absolute Gasteiger partial charge is 0.315 e.